The summed E-state index contributed by atoms with van der Waals surface area (Å²) in [5.41, 5.74) is 0. The molecule has 0 spiro atoms. The molecular weight excluding hydrogens is 463 g/mol. The van der Waals surface area contributed by atoms with Crippen LogP contribution < -0.4 is 15.4 Å². The Bertz CT molecular complexity index is 570. The van der Waals surface area contributed by atoms with Gasteiger partial charge in [0.05, 0.1) is 7.11 Å². The van der Waals surface area contributed by atoms with Gasteiger partial charge in [0.2, 0.25) is 5.91 Å². The molecule has 2 N–H and O–H groups in total. The molecule has 148 valence electrons. The number of carbonyl (C=O) groups excluding carboxylic acids is 1. The first-order valence-electron chi connectivity index (χ1n) is 8.46. The Kier molecular flexibility index (Phi) is 13.3. The quantitative estimate of drug-likeness (QED) is 0.239. The minimum absolute atomic E-state index is 0. The number of rotatable bonds is 9. The molecule has 0 aliphatic carbocycles. The van der Waals surface area contributed by atoms with Crippen LogP contribution >= 0.6 is 35.7 Å². The highest BCUT2D eigenvalue weighted by Crippen LogP contribution is 2.29. The van der Waals surface area contributed by atoms with Crippen molar-refractivity contribution in [2.45, 2.75) is 18.7 Å². The van der Waals surface area contributed by atoms with Gasteiger partial charge in [-0.1, -0.05) is 19.1 Å². The number of nitrogens with one attached hydrogen (secondary N) is 2. The minimum atomic E-state index is -0.0167. The lowest BCUT2D eigenvalue weighted by molar-refractivity contribution is -0.127. The summed E-state index contributed by atoms with van der Waals surface area (Å²) in [6.07, 6.45) is 0. The van der Waals surface area contributed by atoms with E-state index in [0.29, 0.717) is 11.9 Å². The maximum Gasteiger partial charge on any atom is 0.243 e. The molecule has 1 amide bonds. The van der Waals surface area contributed by atoms with Crippen LogP contribution in [0.3, 0.4) is 0 Å². The maximum atomic E-state index is 11.7. The van der Waals surface area contributed by atoms with Crippen molar-refractivity contribution in [3.8, 4) is 5.75 Å². The van der Waals surface area contributed by atoms with Gasteiger partial charge in [0.15, 0.2) is 5.96 Å². The molecule has 1 rings (SSSR count). The summed E-state index contributed by atoms with van der Waals surface area (Å²) in [4.78, 5) is 18.7. The molecule has 1 unspecified atom stereocenters. The minimum Gasteiger partial charge on any atom is -0.496 e. The standard InChI is InChI=1S/C18H30N4O2S.HI/c1-6-19-18(21-12-17(23)22(3)4)20-11-14(2)13-25-16-10-8-7-9-15(16)24-5;/h7-10,14H,6,11-13H2,1-5H3,(H2,19,20,21);1H. The lowest BCUT2D eigenvalue weighted by Crippen LogP contribution is -2.40. The fourth-order valence-corrected chi connectivity index (χ4v) is 2.98. The Morgan fingerprint density at radius 3 is 2.62 bits per heavy atom. The van der Waals surface area contributed by atoms with Gasteiger partial charge < -0.3 is 20.3 Å². The maximum absolute atomic E-state index is 11.7. The van der Waals surface area contributed by atoms with Crippen LogP contribution in [0.4, 0.5) is 0 Å². The van der Waals surface area contributed by atoms with Crippen LogP contribution in [-0.4, -0.2) is 63.4 Å². The molecule has 0 aromatic heterocycles. The third kappa shape index (κ3) is 9.51. The monoisotopic (exact) mass is 494 g/mol. The van der Waals surface area contributed by atoms with E-state index in [0.717, 1.165) is 29.5 Å². The van der Waals surface area contributed by atoms with Gasteiger partial charge in [-0.25, -0.2) is 4.99 Å². The topological polar surface area (TPSA) is 66.0 Å². The van der Waals surface area contributed by atoms with Crippen molar-refractivity contribution in [1.29, 1.82) is 0 Å². The highest BCUT2D eigenvalue weighted by Gasteiger charge is 2.09. The second-order valence-electron chi connectivity index (χ2n) is 5.93. The number of guanidine groups is 1. The number of aliphatic imine (C=N–C) groups is 1. The van der Waals surface area contributed by atoms with Crippen molar-refractivity contribution >= 4 is 47.6 Å². The number of thioether (sulfide) groups is 1. The normalized spacial score (nSPS) is 12.0. The highest BCUT2D eigenvalue weighted by atomic mass is 127. The van der Waals surface area contributed by atoms with Crippen molar-refractivity contribution in [3.63, 3.8) is 0 Å². The van der Waals surface area contributed by atoms with E-state index in [1.807, 2.05) is 25.1 Å². The van der Waals surface area contributed by atoms with E-state index in [9.17, 15) is 4.79 Å². The molecule has 0 aliphatic heterocycles. The number of amides is 1. The Hall–Kier alpha value is -1.16. The van der Waals surface area contributed by atoms with Gasteiger partial charge in [-0.2, -0.15) is 0 Å². The predicted octanol–water partition coefficient (Wildman–Crippen LogP) is 2.68. The fraction of sp³-hybridized carbons (Fsp3) is 0.556. The molecule has 1 atom stereocenters. The van der Waals surface area contributed by atoms with Gasteiger partial charge in [0.25, 0.3) is 0 Å². The zero-order chi connectivity index (χ0) is 18.7. The summed E-state index contributed by atoms with van der Waals surface area (Å²) >= 11 is 1.78. The molecule has 1 aromatic rings. The second kappa shape index (κ2) is 14.0. The SMILES string of the molecule is CCNC(=NCC(=O)N(C)C)NCC(C)CSc1ccccc1OC.I. The van der Waals surface area contributed by atoms with E-state index in [1.54, 1.807) is 37.9 Å². The molecule has 6 nitrogen and oxygen atoms in total. The number of halogens is 1. The summed E-state index contributed by atoms with van der Waals surface area (Å²) in [7, 11) is 5.16. The van der Waals surface area contributed by atoms with Gasteiger partial charge >= 0.3 is 0 Å². The molecule has 0 bridgehead atoms. The largest absolute Gasteiger partial charge is 0.496 e. The molecule has 0 saturated heterocycles. The molecular formula is C18H31IN4O2S. The third-order valence-corrected chi connectivity index (χ3v) is 4.81. The number of para-hydroxylation sites is 1. The Balaban J connectivity index is 0.00000625. The van der Waals surface area contributed by atoms with Crippen LogP contribution in [0.1, 0.15) is 13.8 Å². The number of nitrogens with zero attached hydrogens (tertiary/aromatic N) is 2. The van der Waals surface area contributed by atoms with Crippen LogP contribution in [0.2, 0.25) is 0 Å². The first kappa shape index (κ1) is 24.8. The summed E-state index contributed by atoms with van der Waals surface area (Å²) in [6.45, 7) is 5.87. The van der Waals surface area contributed by atoms with E-state index >= 15 is 0 Å². The zero-order valence-corrected chi connectivity index (χ0v) is 19.4. The van der Waals surface area contributed by atoms with Crippen LogP contribution in [0.5, 0.6) is 5.75 Å². The number of carbonyl (C=O) groups is 1. The van der Waals surface area contributed by atoms with E-state index in [4.69, 9.17) is 4.74 Å². The molecule has 8 heteroatoms. The Morgan fingerprint density at radius 2 is 2.00 bits per heavy atom. The van der Waals surface area contributed by atoms with Gasteiger partial charge in [-0.05, 0) is 25.0 Å². The first-order chi connectivity index (χ1) is 12.0. The molecule has 0 fully saturated rings. The summed E-state index contributed by atoms with van der Waals surface area (Å²) in [5.74, 6) is 2.96. The average molecular weight is 494 g/mol. The van der Waals surface area contributed by atoms with Crippen LogP contribution in [0.25, 0.3) is 0 Å². The Morgan fingerprint density at radius 1 is 1.31 bits per heavy atom. The smallest absolute Gasteiger partial charge is 0.243 e. The molecule has 26 heavy (non-hydrogen) atoms. The highest BCUT2D eigenvalue weighted by molar-refractivity contribution is 14.0. The van der Waals surface area contributed by atoms with E-state index < -0.39 is 0 Å². The van der Waals surface area contributed by atoms with Crippen molar-refractivity contribution in [1.82, 2.24) is 15.5 Å². The van der Waals surface area contributed by atoms with E-state index in [2.05, 4.69) is 28.6 Å². The lowest BCUT2D eigenvalue weighted by Gasteiger charge is -2.16. The molecule has 0 heterocycles. The van der Waals surface area contributed by atoms with Crippen molar-refractivity contribution in [2.75, 3.05) is 46.6 Å². The molecule has 1 aromatic carbocycles. The number of hydrogen-bond acceptors (Lipinski definition) is 4. The number of ether oxygens (including phenoxy) is 1. The van der Waals surface area contributed by atoms with E-state index in [1.165, 1.54) is 0 Å². The van der Waals surface area contributed by atoms with Crippen LogP contribution in [-0.2, 0) is 4.79 Å². The predicted molar refractivity (Wildman–Crippen MR) is 121 cm³/mol. The summed E-state index contributed by atoms with van der Waals surface area (Å²) in [6, 6.07) is 8.04. The van der Waals surface area contributed by atoms with Crippen molar-refractivity contribution in [2.24, 2.45) is 10.9 Å². The summed E-state index contributed by atoms with van der Waals surface area (Å²) in [5, 5.41) is 6.47. The van der Waals surface area contributed by atoms with Crippen molar-refractivity contribution < 1.29 is 9.53 Å². The number of methoxy groups -OCH3 is 1. The summed E-state index contributed by atoms with van der Waals surface area (Å²) < 4.78 is 5.38. The number of hydrogen-bond donors (Lipinski definition) is 2. The third-order valence-electron chi connectivity index (χ3n) is 3.43. The average Bonchev–Trinajstić information content (AvgIpc) is 2.61. The van der Waals surface area contributed by atoms with E-state index in [-0.39, 0.29) is 36.4 Å². The van der Waals surface area contributed by atoms with Gasteiger partial charge in [-0.15, -0.1) is 35.7 Å². The van der Waals surface area contributed by atoms with Gasteiger partial charge in [0.1, 0.15) is 12.3 Å². The second-order valence-corrected chi connectivity index (χ2v) is 6.99. The molecule has 0 saturated carbocycles. The van der Waals surface area contributed by atoms with Crippen LogP contribution in [0, 0.1) is 5.92 Å². The van der Waals surface area contributed by atoms with Gasteiger partial charge in [0, 0.05) is 37.8 Å². The fourth-order valence-electron chi connectivity index (χ4n) is 1.93. The first-order valence-corrected chi connectivity index (χ1v) is 9.44. The van der Waals surface area contributed by atoms with Gasteiger partial charge in [-0.3, -0.25) is 4.79 Å². The van der Waals surface area contributed by atoms with Crippen molar-refractivity contribution in [3.05, 3.63) is 24.3 Å². The lowest BCUT2D eigenvalue weighted by atomic mass is 10.2. The van der Waals surface area contributed by atoms with Crippen LogP contribution in [0.15, 0.2) is 34.2 Å². The number of likely N-dealkylation sites (N-methyl/N-ethyl adjacent to an activating group) is 1. The number of benzene rings is 1. The molecule has 0 aliphatic rings. The zero-order valence-electron chi connectivity index (χ0n) is 16.2. The Labute approximate surface area is 178 Å². The molecule has 0 radical (unpaired) electrons.